The number of likely N-dealkylation sites (N-methyl/N-ethyl adjacent to an activating group) is 1. The highest BCUT2D eigenvalue weighted by molar-refractivity contribution is 7.11. The van der Waals surface area contributed by atoms with Gasteiger partial charge in [0, 0.05) is 28.9 Å². The molecule has 0 amide bonds. The van der Waals surface area contributed by atoms with Crippen molar-refractivity contribution in [2.75, 3.05) is 6.54 Å². The summed E-state index contributed by atoms with van der Waals surface area (Å²) in [5, 5.41) is 4.79. The smallest absolute Gasteiger partial charge is 0.0897 e. The molecule has 0 bridgehead atoms. The molecular formula is C16H21N3S. The number of fused-ring (bicyclic) bond motifs is 1. The highest BCUT2D eigenvalue weighted by Gasteiger charge is 2.30. The Morgan fingerprint density at radius 1 is 1.45 bits per heavy atom. The van der Waals surface area contributed by atoms with Crippen molar-refractivity contribution in [3.05, 3.63) is 45.7 Å². The van der Waals surface area contributed by atoms with E-state index in [1.54, 1.807) is 11.3 Å². The average Bonchev–Trinajstić information content (AvgIpc) is 2.91. The molecule has 106 valence electrons. The van der Waals surface area contributed by atoms with Crippen LogP contribution in [0.3, 0.4) is 0 Å². The fourth-order valence-corrected chi connectivity index (χ4v) is 4.08. The molecule has 0 saturated heterocycles. The Labute approximate surface area is 124 Å². The van der Waals surface area contributed by atoms with E-state index >= 15 is 0 Å². The van der Waals surface area contributed by atoms with Crippen LogP contribution in [0.1, 0.15) is 52.9 Å². The highest BCUT2D eigenvalue weighted by Crippen LogP contribution is 2.40. The van der Waals surface area contributed by atoms with Gasteiger partial charge in [0.2, 0.25) is 0 Å². The molecule has 2 aromatic rings. The largest absolute Gasteiger partial charge is 0.309 e. The molecule has 1 N–H and O–H groups in total. The van der Waals surface area contributed by atoms with E-state index in [9.17, 15) is 0 Å². The molecule has 20 heavy (non-hydrogen) atoms. The van der Waals surface area contributed by atoms with Crippen LogP contribution < -0.4 is 5.32 Å². The highest BCUT2D eigenvalue weighted by atomic mass is 32.1. The molecule has 0 aliphatic heterocycles. The van der Waals surface area contributed by atoms with Gasteiger partial charge in [0.15, 0.2) is 0 Å². The van der Waals surface area contributed by atoms with Crippen molar-refractivity contribution < 1.29 is 0 Å². The summed E-state index contributed by atoms with van der Waals surface area (Å²) in [5.74, 6) is 0.472. The number of pyridine rings is 1. The standard InChI is InChI=1S/C16H21N3S/c1-3-17-16(14-10-19-11(2)20-14)13-8-4-6-12-7-5-9-18-15(12)13/h5,7,9-10,13,16-17H,3-4,6,8H2,1-2H3. The minimum absolute atomic E-state index is 0.347. The van der Waals surface area contributed by atoms with Gasteiger partial charge in [0.25, 0.3) is 0 Å². The number of aryl methyl sites for hydroxylation is 2. The second-order valence-electron chi connectivity index (χ2n) is 5.36. The maximum Gasteiger partial charge on any atom is 0.0897 e. The molecule has 0 saturated carbocycles. The number of aromatic nitrogens is 2. The van der Waals surface area contributed by atoms with Crippen LogP contribution in [0.5, 0.6) is 0 Å². The first-order chi connectivity index (χ1) is 9.79. The lowest BCUT2D eigenvalue weighted by molar-refractivity contribution is 0.405. The zero-order valence-corrected chi connectivity index (χ0v) is 12.9. The summed E-state index contributed by atoms with van der Waals surface area (Å²) < 4.78 is 0. The van der Waals surface area contributed by atoms with Crippen LogP contribution in [-0.4, -0.2) is 16.5 Å². The average molecular weight is 287 g/mol. The van der Waals surface area contributed by atoms with Gasteiger partial charge in [0.05, 0.1) is 11.0 Å². The second-order valence-corrected chi connectivity index (χ2v) is 6.63. The van der Waals surface area contributed by atoms with Crippen molar-refractivity contribution in [1.29, 1.82) is 0 Å². The van der Waals surface area contributed by atoms with Gasteiger partial charge in [0.1, 0.15) is 0 Å². The fraction of sp³-hybridized carbons (Fsp3) is 0.500. The van der Waals surface area contributed by atoms with E-state index in [2.05, 4.69) is 41.3 Å². The van der Waals surface area contributed by atoms with Gasteiger partial charge >= 0.3 is 0 Å². The minimum Gasteiger partial charge on any atom is -0.309 e. The Morgan fingerprint density at radius 3 is 3.10 bits per heavy atom. The van der Waals surface area contributed by atoms with Crippen molar-refractivity contribution in [3.8, 4) is 0 Å². The number of rotatable bonds is 4. The fourth-order valence-electron chi connectivity index (χ4n) is 3.15. The van der Waals surface area contributed by atoms with Crippen LogP contribution in [0.4, 0.5) is 0 Å². The van der Waals surface area contributed by atoms with E-state index in [0.717, 1.165) is 11.6 Å². The van der Waals surface area contributed by atoms with Crippen LogP contribution in [0, 0.1) is 6.92 Å². The number of nitrogens with zero attached hydrogens (tertiary/aromatic N) is 2. The van der Waals surface area contributed by atoms with E-state index in [1.165, 1.54) is 35.4 Å². The summed E-state index contributed by atoms with van der Waals surface area (Å²) in [6, 6.07) is 4.63. The number of thiazole rings is 1. The summed E-state index contributed by atoms with van der Waals surface area (Å²) in [4.78, 5) is 10.4. The van der Waals surface area contributed by atoms with Gasteiger partial charge in [-0.3, -0.25) is 4.98 Å². The molecule has 2 atom stereocenters. The van der Waals surface area contributed by atoms with Crippen LogP contribution >= 0.6 is 11.3 Å². The maximum absolute atomic E-state index is 4.68. The Bertz CT molecular complexity index is 579. The molecule has 1 aliphatic rings. The monoisotopic (exact) mass is 287 g/mol. The zero-order chi connectivity index (χ0) is 13.9. The van der Waals surface area contributed by atoms with Gasteiger partial charge in [-0.1, -0.05) is 13.0 Å². The Hall–Kier alpha value is -1.26. The summed E-state index contributed by atoms with van der Waals surface area (Å²) >= 11 is 1.80. The van der Waals surface area contributed by atoms with E-state index in [-0.39, 0.29) is 0 Å². The van der Waals surface area contributed by atoms with Crippen LogP contribution in [0.15, 0.2) is 24.5 Å². The molecule has 0 fully saturated rings. The van der Waals surface area contributed by atoms with Gasteiger partial charge < -0.3 is 5.32 Å². The summed E-state index contributed by atoms with van der Waals surface area (Å²) in [7, 11) is 0. The number of hydrogen-bond acceptors (Lipinski definition) is 4. The molecule has 0 radical (unpaired) electrons. The Balaban J connectivity index is 1.96. The molecule has 0 aromatic carbocycles. The lowest BCUT2D eigenvalue weighted by Crippen LogP contribution is -2.29. The number of hydrogen-bond donors (Lipinski definition) is 1. The minimum atomic E-state index is 0.347. The maximum atomic E-state index is 4.68. The molecule has 2 aromatic heterocycles. The molecule has 4 heteroatoms. The van der Waals surface area contributed by atoms with Gasteiger partial charge in [-0.2, -0.15) is 0 Å². The third kappa shape index (κ3) is 2.63. The van der Waals surface area contributed by atoms with Crippen LogP contribution in [0.2, 0.25) is 0 Å². The molecule has 1 aliphatic carbocycles. The first kappa shape index (κ1) is 13.7. The predicted molar refractivity (Wildman–Crippen MR) is 83.2 cm³/mol. The van der Waals surface area contributed by atoms with Crippen LogP contribution in [0.25, 0.3) is 0 Å². The first-order valence-corrected chi connectivity index (χ1v) is 8.20. The molecule has 3 nitrogen and oxygen atoms in total. The summed E-state index contributed by atoms with van der Waals surface area (Å²) in [5.41, 5.74) is 2.71. The molecular weight excluding hydrogens is 266 g/mol. The third-order valence-corrected chi connectivity index (χ3v) is 5.01. The predicted octanol–water partition coefficient (Wildman–Crippen LogP) is 3.62. The van der Waals surface area contributed by atoms with E-state index in [0.29, 0.717) is 12.0 Å². The lowest BCUT2D eigenvalue weighted by atomic mass is 9.81. The second kappa shape index (κ2) is 6.02. The van der Waals surface area contributed by atoms with E-state index < -0.39 is 0 Å². The van der Waals surface area contributed by atoms with Crippen molar-refractivity contribution in [3.63, 3.8) is 0 Å². The normalized spacial score (nSPS) is 19.6. The molecule has 2 heterocycles. The van der Waals surface area contributed by atoms with Gasteiger partial charge in [-0.05, 0) is 44.4 Å². The van der Waals surface area contributed by atoms with Crippen molar-refractivity contribution >= 4 is 11.3 Å². The zero-order valence-electron chi connectivity index (χ0n) is 12.1. The SMILES string of the molecule is CCNC(c1cnc(C)s1)C1CCCc2cccnc21. The van der Waals surface area contributed by atoms with Crippen molar-refractivity contribution in [1.82, 2.24) is 15.3 Å². The lowest BCUT2D eigenvalue weighted by Gasteiger charge is -2.31. The van der Waals surface area contributed by atoms with Gasteiger partial charge in [-0.15, -0.1) is 11.3 Å². The van der Waals surface area contributed by atoms with E-state index in [4.69, 9.17) is 0 Å². The molecule has 3 rings (SSSR count). The van der Waals surface area contributed by atoms with E-state index in [1.807, 2.05) is 12.4 Å². The quantitative estimate of drug-likeness (QED) is 0.933. The summed E-state index contributed by atoms with van der Waals surface area (Å²) in [6.45, 7) is 5.22. The summed E-state index contributed by atoms with van der Waals surface area (Å²) in [6.07, 6.45) is 7.59. The molecule has 0 spiro atoms. The van der Waals surface area contributed by atoms with Gasteiger partial charge in [-0.25, -0.2) is 4.98 Å². The molecule has 2 unspecified atom stereocenters. The topological polar surface area (TPSA) is 37.8 Å². The number of nitrogens with one attached hydrogen (secondary N) is 1. The Kier molecular flexibility index (Phi) is 4.13. The van der Waals surface area contributed by atoms with Crippen LogP contribution in [-0.2, 0) is 6.42 Å². The Morgan fingerprint density at radius 2 is 2.35 bits per heavy atom. The first-order valence-electron chi connectivity index (χ1n) is 7.39. The third-order valence-electron chi connectivity index (χ3n) is 4.01. The van der Waals surface area contributed by atoms with Crippen molar-refractivity contribution in [2.45, 2.75) is 45.1 Å². The van der Waals surface area contributed by atoms with Crippen molar-refractivity contribution in [2.24, 2.45) is 0 Å².